The van der Waals surface area contributed by atoms with Crippen LogP contribution < -0.4 is 5.43 Å². The second-order valence-electron chi connectivity index (χ2n) is 9.13. The Balaban J connectivity index is 1.47. The van der Waals surface area contributed by atoms with Crippen LogP contribution in [0.2, 0.25) is 0 Å². The van der Waals surface area contributed by atoms with Gasteiger partial charge in [-0.3, -0.25) is 5.43 Å². The highest BCUT2D eigenvalue weighted by molar-refractivity contribution is 7.19. The van der Waals surface area contributed by atoms with Crippen molar-refractivity contribution in [2.24, 2.45) is 16.4 Å². The number of anilines is 1. The number of thiophene rings is 1. The summed E-state index contributed by atoms with van der Waals surface area (Å²) >= 11 is 1.82. The molecule has 1 N–H and O–H groups in total. The average Bonchev–Trinajstić information content (AvgIpc) is 3.18. The third-order valence-electron chi connectivity index (χ3n) is 7.05. The van der Waals surface area contributed by atoms with E-state index >= 15 is 0 Å². The molecule has 31 heavy (non-hydrogen) atoms. The van der Waals surface area contributed by atoms with E-state index in [1.54, 1.807) is 6.33 Å². The summed E-state index contributed by atoms with van der Waals surface area (Å²) in [6.07, 6.45) is 8.24. The van der Waals surface area contributed by atoms with Crippen LogP contribution in [0.15, 0.2) is 53.9 Å². The Bertz CT molecular complexity index is 1270. The van der Waals surface area contributed by atoms with E-state index in [1.165, 1.54) is 34.1 Å². The summed E-state index contributed by atoms with van der Waals surface area (Å²) < 4.78 is 0. The van der Waals surface area contributed by atoms with Crippen LogP contribution in [0, 0.1) is 11.3 Å². The predicted molar refractivity (Wildman–Crippen MR) is 132 cm³/mol. The Labute approximate surface area is 187 Å². The summed E-state index contributed by atoms with van der Waals surface area (Å²) in [7, 11) is 0. The van der Waals surface area contributed by atoms with Crippen LogP contribution in [0.1, 0.15) is 49.6 Å². The lowest BCUT2D eigenvalue weighted by molar-refractivity contribution is 0.184. The van der Waals surface area contributed by atoms with Gasteiger partial charge in [-0.1, -0.05) is 69.7 Å². The molecule has 0 bridgehead atoms. The summed E-state index contributed by atoms with van der Waals surface area (Å²) in [4.78, 5) is 11.7. The molecule has 2 aromatic heterocycles. The van der Waals surface area contributed by atoms with Gasteiger partial charge in [0.15, 0.2) is 5.82 Å². The minimum atomic E-state index is 0.349. The summed E-state index contributed by atoms with van der Waals surface area (Å²) in [5.41, 5.74) is 6.10. The lowest BCUT2D eigenvalue weighted by Crippen LogP contribution is -2.28. The first kappa shape index (κ1) is 20.1. The Morgan fingerprint density at radius 2 is 2.00 bits per heavy atom. The Hall–Kier alpha value is -2.79. The van der Waals surface area contributed by atoms with E-state index in [9.17, 15) is 0 Å². The van der Waals surface area contributed by atoms with Crippen LogP contribution in [0.25, 0.3) is 21.0 Å². The van der Waals surface area contributed by atoms with Gasteiger partial charge in [0.05, 0.1) is 11.6 Å². The first-order valence-electron chi connectivity index (χ1n) is 11.1. The fraction of sp³-hybridized carbons (Fsp3) is 0.346. The number of rotatable bonds is 5. The van der Waals surface area contributed by atoms with E-state index < -0.39 is 0 Å². The summed E-state index contributed by atoms with van der Waals surface area (Å²) in [6, 6.07) is 14.7. The molecule has 0 fully saturated rings. The summed E-state index contributed by atoms with van der Waals surface area (Å²) in [5.74, 6) is 1.50. The van der Waals surface area contributed by atoms with Gasteiger partial charge in [0.25, 0.3) is 0 Å². The second kappa shape index (κ2) is 8.04. The zero-order valence-corrected chi connectivity index (χ0v) is 19.2. The molecular weight excluding hydrogens is 400 g/mol. The first-order valence-corrected chi connectivity index (χ1v) is 11.9. The predicted octanol–water partition coefficient (Wildman–Crippen LogP) is 6.83. The molecule has 0 spiro atoms. The van der Waals surface area contributed by atoms with Crippen molar-refractivity contribution in [3.05, 3.63) is 64.8 Å². The van der Waals surface area contributed by atoms with Gasteiger partial charge >= 0.3 is 0 Å². The van der Waals surface area contributed by atoms with Gasteiger partial charge in [-0.2, -0.15) is 5.10 Å². The molecule has 0 aliphatic heterocycles. The summed E-state index contributed by atoms with van der Waals surface area (Å²) in [6.45, 7) is 7.11. The zero-order valence-electron chi connectivity index (χ0n) is 18.4. The maximum Gasteiger partial charge on any atom is 0.158 e. The minimum absolute atomic E-state index is 0.349. The first-order chi connectivity index (χ1) is 15.1. The van der Waals surface area contributed by atoms with E-state index in [0.29, 0.717) is 11.3 Å². The molecular formula is C26H28N4S. The molecule has 0 saturated heterocycles. The van der Waals surface area contributed by atoms with Crippen molar-refractivity contribution in [3.63, 3.8) is 0 Å². The maximum atomic E-state index is 4.58. The molecule has 1 aliphatic rings. The van der Waals surface area contributed by atoms with Crippen molar-refractivity contribution in [2.75, 3.05) is 5.43 Å². The van der Waals surface area contributed by atoms with Gasteiger partial charge in [0.1, 0.15) is 11.2 Å². The van der Waals surface area contributed by atoms with Crippen LogP contribution >= 0.6 is 11.3 Å². The smallest absolute Gasteiger partial charge is 0.158 e. The van der Waals surface area contributed by atoms with Crippen molar-refractivity contribution in [2.45, 2.75) is 46.5 Å². The number of fused-ring (bicyclic) bond motifs is 4. The van der Waals surface area contributed by atoms with Crippen molar-refractivity contribution in [1.82, 2.24) is 9.97 Å². The number of hydrogen-bond donors (Lipinski definition) is 1. The van der Waals surface area contributed by atoms with Gasteiger partial charge in [-0.15, -0.1) is 11.3 Å². The van der Waals surface area contributed by atoms with Crippen LogP contribution in [-0.4, -0.2) is 16.2 Å². The van der Waals surface area contributed by atoms with Crippen molar-refractivity contribution < 1.29 is 0 Å². The number of aromatic nitrogens is 2. The minimum Gasteiger partial charge on any atom is -0.261 e. The molecule has 158 valence electrons. The monoisotopic (exact) mass is 428 g/mol. The summed E-state index contributed by atoms with van der Waals surface area (Å²) in [5, 5.41) is 8.14. The van der Waals surface area contributed by atoms with E-state index in [0.717, 1.165) is 34.4 Å². The van der Waals surface area contributed by atoms with Gasteiger partial charge in [-0.05, 0) is 46.9 Å². The molecule has 0 saturated carbocycles. The molecule has 5 rings (SSSR count). The Morgan fingerprint density at radius 3 is 2.87 bits per heavy atom. The standard InChI is InChI=1S/C26H28N4S/c1-4-26(2,3)19-12-13-22-21(14-19)23-24(27-16-28-25(23)31-22)30-29-15-18-10-7-9-17-8-5-6-11-20(17)18/h5-11,15-16,19H,4,12-14H2,1-3H3,(H,27,28,30). The highest BCUT2D eigenvalue weighted by Crippen LogP contribution is 2.45. The third kappa shape index (κ3) is 3.72. The number of benzene rings is 2. The molecule has 1 unspecified atom stereocenters. The highest BCUT2D eigenvalue weighted by atomic mass is 32.1. The number of hydrogen-bond acceptors (Lipinski definition) is 5. The number of nitrogens with zero attached hydrogens (tertiary/aromatic N) is 3. The van der Waals surface area contributed by atoms with E-state index in [2.05, 4.69) is 83.7 Å². The third-order valence-corrected chi connectivity index (χ3v) is 8.25. The van der Waals surface area contributed by atoms with Crippen molar-refractivity contribution >= 4 is 44.4 Å². The van der Waals surface area contributed by atoms with Gasteiger partial charge in [0, 0.05) is 10.4 Å². The van der Waals surface area contributed by atoms with Crippen LogP contribution in [0.4, 0.5) is 5.82 Å². The van der Waals surface area contributed by atoms with Crippen LogP contribution in [0.3, 0.4) is 0 Å². The highest BCUT2D eigenvalue weighted by Gasteiger charge is 2.33. The molecule has 4 nitrogen and oxygen atoms in total. The fourth-order valence-corrected chi connectivity index (χ4v) is 5.86. The normalized spacial score (nSPS) is 16.8. The quantitative estimate of drug-likeness (QED) is 0.280. The fourth-order valence-electron chi connectivity index (χ4n) is 4.67. The van der Waals surface area contributed by atoms with Crippen molar-refractivity contribution in [1.29, 1.82) is 0 Å². The maximum absolute atomic E-state index is 4.58. The molecule has 2 heterocycles. The lowest BCUT2D eigenvalue weighted by atomic mass is 9.69. The van der Waals surface area contributed by atoms with E-state index in [1.807, 2.05) is 17.6 Å². The van der Waals surface area contributed by atoms with Gasteiger partial charge < -0.3 is 0 Å². The van der Waals surface area contributed by atoms with Crippen molar-refractivity contribution in [3.8, 4) is 0 Å². The number of hydrazone groups is 1. The molecule has 4 aromatic rings. The van der Waals surface area contributed by atoms with E-state index in [4.69, 9.17) is 0 Å². The molecule has 0 amide bonds. The largest absolute Gasteiger partial charge is 0.261 e. The van der Waals surface area contributed by atoms with Gasteiger partial charge in [-0.25, -0.2) is 9.97 Å². The topological polar surface area (TPSA) is 50.2 Å². The molecule has 1 aliphatic carbocycles. The number of nitrogens with one attached hydrogen (secondary N) is 1. The van der Waals surface area contributed by atoms with Gasteiger partial charge in [0.2, 0.25) is 0 Å². The molecule has 0 radical (unpaired) electrons. The Kier molecular flexibility index (Phi) is 5.22. The SMILES string of the molecule is CCC(C)(C)C1CCc2sc3ncnc(NN=Cc4cccc5ccccc45)c3c2C1. The van der Waals surface area contributed by atoms with Crippen LogP contribution in [-0.2, 0) is 12.8 Å². The number of aryl methyl sites for hydroxylation is 1. The second-order valence-corrected chi connectivity index (χ2v) is 10.2. The average molecular weight is 429 g/mol. The molecule has 2 aromatic carbocycles. The molecule has 5 heteroatoms. The van der Waals surface area contributed by atoms with Crippen LogP contribution in [0.5, 0.6) is 0 Å². The Morgan fingerprint density at radius 1 is 1.16 bits per heavy atom. The lowest BCUT2D eigenvalue weighted by Gasteiger charge is -2.36. The molecule has 1 atom stereocenters. The van der Waals surface area contributed by atoms with E-state index in [-0.39, 0.29) is 0 Å². The zero-order chi connectivity index (χ0) is 21.4.